The maximum atomic E-state index is 12.1. The molecule has 6 nitrogen and oxygen atoms in total. The van der Waals surface area contributed by atoms with Gasteiger partial charge in [0.25, 0.3) is 0 Å². The van der Waals surface area contributed by atoms with Crippen LogP contribution in [0.5, 0.6) is 0 Å². The summed E-state index contributed by atoms with van der Waals surface area (Å²) < 4.78 is 29.0. The number of anilines is 1. The topological polar surface area (TPSA) is 90.0 Å². The number of halogens is 1. The van der Waals surface area contributed by atoms with Crippen molar-refractivity contribution in [2.75, 3.05) is 12.3 Å². The Hall–Kier alpha value is -1.38. The number of sulfonamides is 1. The number of nitrogen functional groups attached to an aromatic ring is 1. The Balaban J connectivity index is 2.07. The molecule has 0 unspecified atom stereocenters. The summed E-state index contributed by atoms with van der Waals surface area (Å²) in [5.41, 5.74) is 5.90. The molecule has 0 spiro atoms. The Kier molecular flexibility index (Phi) is 4.23. The van der Waals surface area contributed by atoms with Gasteiger partial charge in [0, 0.05) is 23.4 Å². The van der Waals surface area contributed by atoms with E-state index in [1.807, 2.05) is 0 Å². The summed E-state index contributed by atoms with van der Waals surface area (Å²) >= 11 is 3.23. The van der Waals surface area contributed by atoms with E-state index in [4.69, 9.17) is 5.73 Å². The fourth-order valence-electron chi connectivity index (χ4n) is 1.55. The first kappa shape index (κ1) is 14.0. The lowest BCUT2D eigenvalue weighted by Gasteiger charge is -2.09. The lowest BCUT2D eigenvalue weighted by Crippen LogP contribution is -2.28. The number of rotatable bonds is 5. The van der Waals surface area contributed by atoms with Crippen LogP contribution in [0.3, 0.4) is 0 Å². The highest BCUT2D eigenvalue weighted by Gasteiger charge is 2.17. The van der Waals surface area contributed by atoms with Gasteiger partial charge in [-0.3, -0.25) is 4.68 Å². The Morgan fingerprint density at radius 2 is 2.21 bits per heavy atom. The number of benzene rings is 1. The van der Waals surface area contributed by atoms with Crippen LogP contribution in [0.4, 0.5) is 5.69 Å². The van der Waals surface area contributed by atoms with Crippen molar-refractivity contribution in [3.05, 3.63) is 41.1 Å². The first-order chi connectivity index (χ1) is 8.99. The third-order valence-electron chi connectivity index (χ3n) is 2.46. The smallest absolute Gasteiger partial charge is 0.242 e. The van der Waals surface area contributed by atoms with Gasteiger partial charge in [-0.1, -0.05) is 15.9 Å². The van der Waals surface area contributed by atoms with Gasteiger partial charge < -0.3 is 5.73 Å². The van der Waals surface area contributed by atoms with Crippen molar-refractivity contribution in [2.45, 2.75) is 11.4 Å². The summed E-state index contributed by atoms with van der Waals surface area (Å²) in [4.78, 5) is 0.0716. The summed E-state index contributed by atoms with van der Waals surface area (Å²) in [7, 11) is -3.61. The van der Waals surface area contributed by atoms with Crippen LogP contribution in [-0.4, -0.2) is 24.7 Å². The maximum absolute atomic E-state index is 12.1. The molecule has 0 saturated heterocycles. The number of hydrogen-bond donors (Lipinski definition) is 2. The highest BCUT2D eigenvalue weighted by Crippen LogP contribution is 2.22. The van der Waals surface area contributed by atoms with Gasteiger partial charge in [0.15, 0.2) is 0 Å². The molecular weight excluding hydrogens is 332 g/mol. The maximum Gasteiger partial charge on any atom is 0.242 e. The van der Waals surface area contributed by atoms with E-state index in [2.05, 4.69) is 25.8 Å². The van der Waals surface area contributed by atoms with E-state index in [1.54, 1.807) is 35.3 Å². The van der Waals surface area contributed by atoms with Crippen LogP contribution in [0.15, 0.2) is 46.0 Å². The van der Waals surface area contributed by atoms with E-state index < -0.39 is 10.0 Å². The zero-order valence-corrected chi connectivity index (χ0v) is 12.4. The molecule has 1 aromatic carbocycles. The molecule has 0 aliphatic heterocycles. The molecule has 102 valence electrons. The summed E-state index contributed by atoms with van der Waals surface area (Å²) in [6, 6.07) is 6.50. The largest absolute Gasteiger partial charge is 0.398 e. The molecule has 0 bridgehead atoms. The molecule has 0 aliphatic carbocycles. The second-order valence-corrected chi connectivity index (χ2v) is 6.50. The second kappa shape index (κ2) is 5.72. The van der Waals surface area contributed by atoms with Crippen molar-refractivity contribution in [1.29, 1.82) is 0 Å². The Bertz CT molecular complexity index is 655. The fraction of sp³-hybridized carbons (Fsp3) is 0.182. The Morgan fingerprint density at radius 1 is 1.42 bits per heavy atom. The normalized spacial score (nSPS) is 11.6. The molecule has 0 atom stereocenters. The quantitative estimate of drug-likeness (QED) is 0.797. The molecule has 1 heterocycles. The summed E-state index contributed by atoms with van der Waals surface area (Å²) in [5, 5.41) is 3.99. The van der Waals surface area contributed by atoms with Crippen LogP contribution in [-0.2, 0) is 16.6 Å². The van der Waals surface area contributed by atoms with Gasteiger partial charge in [0.1, 0.15) is 4.90 Å². The molecule has 0 amide bonds. The van der Waals surface area contributed by atoms with Crippen LogP contribution in [0, 0.1) is 0 Å². The van der Waals surface area contributed by atoms with Gasteiger partial charge in [-0.05, 0) is 24.3 Å². The molecule has 19 heavy (non-hydrogen) atoms. The average molecular weight is 345 g/mol. The minimum Gasteiger partial charge on any atom is -0.398 e. The van der Waals surface area contributed by atoms with Crippen LogP contribution in [0.2, 0.25) is 0 Å². The lowest BCUT2D eigenvalue weighted by atomic mass is 10.3. The number of nitrogens with zero attached hydrogens (tertiary/aromatic N) is 2. The zero-order chi connectivity index (χ0) is 13.9. The van der Waals surface area contributed by atoms with Gasteiger partial charge >= 0.3 is 0 Å². The number of nitrogens with one attached hydrogen (secondary N) is 1. The van der Waals surface area contributed by atoms with Crippen LogP contribution in [0.25, 0.3) is 0 Å². The van der Waals surface area contributed by atoms with E-state index in [9.17, 15) is 8.42 Å². The zero-order valence-electron chi connectivity index (χ0n) is 9.95. The van der Waals surface area contributed by atoms with Gasteiger partial charge in [-0.15, -0.1) is 0 Å². The predicted octanol–water partition coefficient (Wildman–Crippen LogP) is 1.21. The van der Waals surface area contributed by atoms with E-state index >= 15 is 0 Å². The van der Waals surface area contributed by atoms with Gasteiger partial charge in [-0.25, -0.2) is 13.1 Å². The summed E-state index contributed by atoms with van der Waals surface area (Å²) in [5.74, 6) is 0. The van der Waals surface area contributed by atoms with Gasteiger partial charge in [0.2, 0.25) is 10.0 Å². The van der Waals surface area contributed by atoms with Crippen LogP contribution in [0.1, 0.15) is 0 Å². The summed E-state index contributed by atoms with van der Waals surface area (Å²) in [6.07, 6.45) is 3.41. The fourth-order valence-corrected chi connectivity index (χ4v) is 3.23. The predicted molar refractivity (Wildman–Crippen MR) is 76.0 cm³/mol. The number of nitrogens with two attached hydrogens (primary N) is 1. The molecule has 0 radical (unpaired) electrons. The molecule has 3 N–H and O–H groups in total. The Morgan fingerprint density at radius 3 is 2.89 bits per heavy atom. The second-order valence-electron chi connectivity index (χ2n) is 3.85. The van der Waals surface area contributed by atoms with Crippen molar-refractivity contribution >= 4 is 31.6 Å². The SMILES string of the molecule is Nc1ccc(Br)cc1S(=O)(=O)NCCn1cccn1. The first-order valence-electron chi connectivity index (χ1n) is 5.51. The van der Waals surface area contributed by atoms with Crippen molar-refractivity contribution in [2.24, 2.45) is 0 Å². The molecule has 8 heteroatoms. The standard InChI is InChI=1S/C11H13BrN4O2S/c12-9-2-3-10(13)11(8-9)19(17,18)15-5-7-16-6-1-4-14-16/h1-4,6,8,15H,5,7,13H2. The van der Waals surface area contributed by atoms with Gasteiger partial charge in [-0.2, -0.15) is 5.10 Å². The van der Waals surface area contributed by atoms with Crippen molar-refractivity contribution < 1.29 is 8.42 Å². The van der Waals surface area contributed by atoms with E-state index in [0.29, 0.717) is 11.0 Å². The first-order valence-corrected chi connectivity index (χ1v) is 7.79. The highest BCUT2D eigenvalue weighted by molar-refractivity contribution is 9.10. The van der Waals surface area contributed by atoms with Crippen molar-refractivity contribution in [1.82, 2.24) is 14.5 Å². The monoisotopic (exact) mass is 344 g/mol. The summed E-state index contributed by atoms with van der Waals surface area (Å²) in [6.45, 7) is 0.704. The van der Waals surface area contributed by atoms with E-state index in [-0.39, 0.29) is 17.1 Å². The lowest BCUT2D eigenvalue weighted by molar-refractivity contribution is 0.561. The Labute approximate surface area is 119 Å². The van der Waals surface area contributed by atoms with Gasteiger partial charge in [0.05, 0.1) is 12.2 Å². The molecule has 0 aliphatic rings. The van der Waals surface area contributed by atoms with Crippen molar-refractivity contribution in [3.8, 4) is 0 Å². The molecule has 2 rings (SSSR count). The average Bonchev–Trinajstić information content (AvgIpc) is 2.85. The molecule has 1 aromatic heterocycles. The van der Waals surface area contributed by atoms with Crippen LogP contribution >= 0.6 is 15.9 Å². The third kappa shape index (κ3) is 3.55. The van der Waals surface area contributed by atoms with Crippen LogP contribution < -0.4 is 10.5 Å². The molecule has 0 saturated carbocycles. The molecule has 2 aromatic rings. The highest BCUT2D eigenvalue weighted by atomic mass is 79.9. The molecular formula is C11H13BrN4O2S. The third-order valence-corrected chi connectivity index (χ3v) is 4.47. The van der Waals surface area contributed by atoms with E-state index in [1.165, 1.54) is 6.07 Å². The molecule has 0 fully saturated rings. The van der Waals surface area contributed by atoms with E-state index in [0.717, 1.165) is 0 Å². The minimum absolute atomic E-state index is 0.0716. The van der Waals surface area contributed by atoms with Crippen molar-refractivity contribution in [3.63, 3.8) is 0 Å². The number of aromatic nitrogens is 2. The number of hydrogen-bond acceptors (Lipinski definition) is 4. The minimum atomic E-state index is -3.61.